The van der Waals surface area contributed by atoms with E-state index in [1.807, 2.05) is 6.92 Å². The summed E-state index contributed by atoms with van der Waals surface area (Å²) in [5, 5.41) is 8.88. The van der Waals surface area contributed by atoms with Gasteiger partial charge in [0.25, 0.3) is 5.95 Å². The van der Waals surface area contributed by atoms with Crippen molar-refractivity contribution in [3.63, 3.8) is 0 Å². The summed E-state index contributed by atoms with van der Waals surface area (Å²) in [6.07, 6.45) is 0.681. The minimum atomic E-state index is -4.29. The fourth-order valence-electron chi connectivity index (χ4n) is 1.25. The molecule has 2 atom stereocenters. The molecule has 0 amide bonds. The van der Waals surface area contributed by atoms with E-state index in [0.717, 1.165) is 6.42 Å². The lowest BCUT2D eigenvalue weighted by atomic mass is 10.2. The molecule has 0 fully saturated rings. The molecule has 0 aliphatic heterocycles. The summed E-state index contributed by atoms with van der Waals surface area (Å²) in [6, 6.07) is 0. The van der Waals surface area contributed by atoms with Crippen LogP contribution >= 0.6 is 7.82 Å². The van der Waals surface area contributed by atoms with E-state index in [1.54, 1.807) is 0 Å². The number of ether oxygens (including phenoxy) is 2. The average Bonchev–Trinajstić information content (AvgIpc) is 2.45. The first-order valence-electron chi connectivity index (χ1n) is 6.82. The number of hydrogen-bond donors (Lipinski definition) is 3. The van der Waals surface area contributed by atoms with Gasteiger partial charge in [0.2, 0.25) is 0 Å². The first-order valence-corrected chi connectivity index (χ1v) is 8.32. The first kappa shape index (κ1) is 20.9. The molecule has 0 saturated heterocycles. The lowest BCUT2D eigenvalue weighted by Crippen LogP contribution is -2.28. The zero-order chi connectivity index (χ0) is 17.0. The van der Waals surface area contributed by atoms with Gasteiger partial charge in [-0.15, -0.1) is 0 Å². The molecule has 0 rings (SSSR count). The number of esters is 1. The van der Waals surface area contributed by atoms with Crippen molar-refractivity contribution in [3.8, 4) is 0 Å². The Morgan fingerprint density at radius 2 is 2.05 bits per heavy atom. The Morgan fingerprint density at radius 3 is 2.59 bits per heavy atom. The summed E-state index contributed by atoms with van der Waals surface area (Å²) in [5.41, 5.74) is 5.15. The molecule has 0 spiro atoms. The summed E-state index contributed by atoms with van der Waals surface area (Å²) in [6.45, 7) is 4.22. The Balaban J connectivity index is 4.42. The van der Waals surface area contributed by atoms with E-state index in [4.69, 9.17) is 24.8 Å². The van der Waals surface area contributed by atoms with Crippen molar-refractivity contribution >= 4 is 13.8 Å². The van der Waals surface area contributed by atoms with Gasteiger partial charge in [-0.3, -0.25) is 13.8 Å². The van der Waals surface area contributed by atoms with Gasteiger partial charge in [0.1, 0.15) is 6.61 Å². The molecule has 4 N–H and O–H groups in total. The lowest BCUT2D eigenvalue weighted by molar-refractivity contribution is -0.154. The van der Waals surface area contributed by atoms with E-state index in [-0.39, 0.29) is 26.2 Å². The van der Waals surface area contributed by atoms with Crippen molar-refractivity contribution in [1.29, 1.82) is 0 Å². The van der Waals surface area contributed by atoms with E-state index < -0.39 is 32.4 Å². The summed E-state index contributed by atoms with van der Waals surface area (Å²) in [7, 11) is -4.29. The maximum Gasteiger partial charge on any atom is 0.472 e. The van der Waals surface area contributed by atoms with Gasteiger partial charge < -0.3 is 25.2 Å². The Bertz CT molecular complexity index is 389. The van der Waals surface area contributed by atoms with E-state index in [1.165, 1.54) is 0 Å². The molecule has 22 heavy (non-hydrogen) atoms. The molecule has 0 aromatic carbocycles. The number of phosphoric ester groups is 1. The third-order valence-electron chi connectivity index (χ3n) is 2.26. The highest BCUT2D eigenvalue weighted by Gasteiger charge is 2.25. The lowest BCUT2D eigenvalue weighted by Gasteiger charge is -2.19. The molecule has 0 radical (unpaired) electrons. The summed E-state index contributed by atoms with van der Waals surface area (Å²) < 4.78 is 30.5. The highest BCUT2D eigenvalue weighted by Crippen LogP contribution is 2.43. The standard InChI is InChI=1S/C12H24NO8P/c1-3-4-5-12(15)21-11(8-18-10(2)14)9-20-22(16,17)19-7-6-13/h11,14H,2-9,13H2,1H3,(H,16,17)/t11-/m0/s1. The molecule has 0 aliphatic carbocycles. The number of aliphatic hydroxyl groups is 1. The Hall–Kier alpha value is -1.12. The van der Waals surface area contributed by atoms with Crippen LogP contribution in [-0.2, 0) is 27.9 Å². The first-order chi connectivity index (χ1) is 10.3. The van der Waals surface area contributed by atoms with Crippen LogP contribution < -0.4 is 5.73 Å². The van der Waals surface area contributed by atoms with Crippen LogP contribution in [0.5, 0.6) is 0 Å². The number of unbranched alkanes of at least 4 members (excludes halogenated alkanes) is 1. The molecule has 0 heterocycles. The van der Waals surface area contributed by atoms with Crippen molar-refractivity contribution in [2.45, 2.75) is 32.3 Å². The van der Waals surface area contributed by atoms with Crippen molar-refractivity contribution in [2.75, 3.05) is 26.4 Å². The Labute approximate surface area is 129 Å². The number of carbonyl (C=O) groups excluding carboxylic acids is 1. The topological polar surface area (TPSA) is 138 Å². The van der Waals surface area contributed by atoms with Gasteiger partial charge in [-0.2, -0.15) is 0 Å². The van der Waals surface area contributed by atoms with Crippen LogP contribution in [-0.4, -0.2) is 48.4 Å². The van der Waals surface area contributed by atoms with E-state index >= 15 is 0 Å². The highest BCUT2D eigenvalue weighted by atomic mass is 31.2. The normalized spacial score (nSPS) is 14.9. The van der Waals surface area contributed by atoms with E-state index in [0.29, 0.717) is 6.42 Å². The highest BCUT2D eigenvalue weighted by molar-refractivity contribution is 7.47. The smallest absolute Gasteiger partial charge is 0.472 e. The fourth-order valence-corrected chi connectivity index (χ4v) is 2.02. The zero-order valence-electron chi connectivity index (χ0n) is 12.6. The van der Waals surface area contributed by atoms with Crippen molar-refractivity contribution in [2.24, 2.45) is 5.73 Å². The van der Waals surface area contributed by atoms with E-state index in [2.05, 4.69) is 11.1 Å². The number of carbonyl (C=O) groups is 1. The molecule has 0 aromatic heterocycles. The summed E-state index contributed by atoms with van der Waals surface area (Å²) >= 11 is 0. The predicted molar refractivity (Wildman–Crippen MR) is 77.9 cm³/mol. The van der Waals surface area contributed by atoms with Gasteiger partial charge in [-0.1, -0.05) is 13.3 Å². The van der Waals surface area contributed by atoms with Crippen LogP contribution in [0, 0.1) is 0 Å². The van der Waals surface area contributed by atoms with Crippen molar-refractivity contribution in [3.05, 3.63) is 12.5 Å². The van der Waals surface area contributed by atoms with Crippen LogP contribution in [0.15, 0.2) is 12.5 Å². The van der Waals surface area contributed by atoms with Crippen LogP contribution in [0.2, 0.25) is 0 Å². The fraction of sp³-hybridized carbons (Fsp3) is 0.750. The Morgan fingerprint density at radius 1 is 1.36 bits per heavy atom. The van der Waals surface area contributed by atoms with Gasteiger partial charge in [0.15, 0.2) is 6.10 Å². The molecular weight excluding hydrogens is 317 g/mol. The monoisotopic (exact) mass is 341 g/mol. The molecule has 0 aliphatic rings. The van der Waals surface area contributed by atoms with Gasteiger partial charge in [0, 0.05) is 13.0 Å². The van der Waals surface area contributed by atoms with Gasteiger partial charge >= 0.3 is 13.8 Å². The van der Waals surface area contributed by atoms with Crippen LogP contribution in [0.1, 0.15) is 26.2 Å². The van der Waals surface area contributed by atoms with Gasteiger partial charge in [-0.05, 0) is 13.0 Å². The van der Waals surface area contributed by atoms with Crippen molar-refractivity contribution < 1.29 is 37.9 Å². The zero-order valence-corrected chi connectivity index (χ0v) is 13.5. The third-order valence-corrected chi connectivity index (χ3v) is 3.25. The quantitative estimate of drug-likeness (QED) is 0.256. The molecule has 130 valence electrons. The number of nitrogens with two attached hydrogens (primary N) is 1. The number of aliphatic hydroxyl groups excluding tert-OH is 1. The SMILES string of the molecule is C=C(O)OC[C@@H](COP(=O)(O)OCCN)OC(=O)CCCC. The molecular formula is C12H24NO8P. The molecule has 10 heteroatoms. The Kier molecular flexibility index (Phi) is 10.9. The van der Waals surface area contributed by atoms with Crippen LogP contribution in [0.3, 0.4) is 0 Å². The minimum Gasteiger partial charge on any atom is -0.481 e. The number of hydrogen-bond acceptors (Lipinski definition) is 8. The average molecular weight is 341 g/mol. The van der Waals surface area contributed by atoms with Crippen LogP contribution in [0.25, 0.3) is 0 Å². The maximum absolute atomic E-state index is 11.6. The molecule has 0 saturated carbocycles. The predicted octanol–water partition coefficient (Wildman–Crippen LogP) is 1.23. The maximum atomic E-state index is 11.6. The second-order valence-corrected chi connectivity index (χ2v) is 5.76. The van der Waals surface area contributed by atoms with Gasteiger partial charge in [0.05, 0.1) is 13.2 Å². The summed E-state index contributed by atoms with van der Waals surface area (Å²) in [5.74, 6) is -1.07. The molecule has 9 nitrogen and oxygen atoms in total. The second kappa shape index (κ2) is 11.4. The second-order valence-electron chi connectivity index (χ2n) is 4.31. The van der Waals surface area contributed by atoms with Crippen molar-refractivity contribution in [1.82, 2.24) is 0 Å². The largest absolute Gasteiger partial charge is 0.481 e. The number of rotatable bonds is 13. The minimum absolute atomic E-state index is 0.0524. The third kappa shape index (κ3) is 11.5. The number of phosphoric acid groups is 1. The molecule has 0 bridgehead atoms. The van der Waals surface area contributed by atoms with Gasteiger partial charge in [-0.25, -0.2) is 4.57 Å². The summed E-state index contributed by atoms with van der Waals surface area (Å²) in [4.78, 5) is 20.9. The molecule has 1 unspecified atom stereocenters. The van der Waals surface area contributed by atoms with Crippen LogP contribution in [0.4, 0.5) is 0 Å². The molecule has 0 aromatic rings. The van der Waals surface area contributed by atoms with E-state index in [9.17, 15) is 14.3 Å².